The lowest BCUT2D eigenvalue weighted by atomic mass is 10.3. The molecule has 4 rings (SSSR count). The highest BCUT2D eigenvalue weighted by Crippen LogP contribution is 2.22. The molecule has 0 spiro atoms. The van der Waals surface area contributed by atoms with Crippen LogP contribution >= 0.6 is 0 Å². The quantitative estimate of drug-likeness (QED) is 0.521. The standard InChI is InChI=1S/C20H22N4O4S2/c25-29(26,19-8-10-20(11-9-19)30(27,28)23-17-6-7-17)21-14-12-16-13-15-24(22-16)18-4-2-1-3-5-18/h1-5,8-11,13,15,17,21,23H,6-7,12,14H2. The molecule has 0 bridgehead atoms. The molecule has 158 valence electrons. The Balaban J connectivity index is 1.36. The van der Waals surface area contributed by atoms with Crippen molar-refractivity contribution in [3.8, 4) is 5.69 Å². The summed E-state index contributed by atoms with van der Waals surface area (Å²) in [6.45, 7) is 0.178. The fourth-order valence-electron chi connectivity index (χ4n) is 2.90. The average Bonchev–Trinajstić information content (AvgIpc) is 3.41. The van der Waals surface area contributed by atoms with Crippen LogP contribution in [0.2, 0.25) is 0 Å². The maximum atomic E-state index is 12.5. The Morgan fingerprint density at radius 3 is 2.13 bits per heavy atom. The maximum absolute atomic E-state index is 12.5. The first-order valence-electron chi connectivity index (χ1n) is 9.55. The summed E-state index contributed by atoms with van der Waals surface area (Å²) in [5.74, 6) is 0. The van der Waals surface area contributed by atoms with Gasteiger partial charge in [0.05, 0.1) is 21.2 Å². The third-order valence-electron chi connectivity index (χ3n) is 4.68. The van der Waals surface area contributed by atoms with Crippen molar-refractivity contribution < 1.29 is 16.8 Å². The summed E-state index contributed by atoms with van der Waals surface area (Å²) in [5, 5.41) is 4.45. The SMILES string of the molecule is O=S(=O)(NCCc1ccn(-c2ccccc2)n1)c1ccc(S(=O)(=O)NC2CC2)cc1. The Bertz CT molecular complexity index is 1220. The summed E-state index contributed by atoms with van der Waals surface area (Å²) in [6, 6.07) is 16.7. The van der Waals surface area contributed by atoms with Crippen molar-refractivity contribution >= 4 is 20.0 Å². The zero-order valence-corrected chi connectivity index (χ0v) is 17.7. The normalized spacial score (nSPS) is 14.7. The van der Waals surface area contributed by atoms with E-state index in [0.717, 1.165) is 24.2 Å². The molecule has 1 aliphatic rings. The maximum Gasteiger partial charge on any atom is 0.240 e. The molecule has 1 saturated carbocycles. The Kier molecular flexibility index (Phi) is 5.74. The van der Waals surface area contributed by atoms with Gasteiger partial charge in [-0.1, -0.05) is 18.2 Å². The van der Waals surface area contributed by atoms with Gasteiger partial charge in [-0.3, -0.25) is 0 Å². The lowest BCUT2D eigenvalue weighted by Crippen LogP contribution is -2.27. The van der Waals surface area contributed by atoms with Crippen molar-refractivity contribution in [2.75, 3.05) is 6.54 Å². The number of benzene rings is 2. The van der Waals surface area contributed by atoms with Crippen LogP contribution in [0.25, 0.3) is 5.69 Å². The van der Waals surface area contributed by atoms with E-state index in [1.165, 1.54) is 24.3 Å². The summed E-state index contributed by atoms with van der Waals surface area (Å²) < 4.78 is 56.2. The first-order chi connectivity index (χ1) is 14.3. The van der Waals surface area contributed by atoms with Gasteiger partial charge in [0, 0.05) is 25.2 Å². The fraction of sp³-hybridized carbons (Fsp3) is 0.250. The van der Waals surface area contributed by atoms with Crippen LogP contribution in [0.15, 0.2) is 76.7 Å². The second-order valence-electron chi connectivity index (χ2n) is 7.10. The molecule has 0 saturated heterocycles. The zero-order valence-electron chi connectivity index (χ0n) is 16.1. The number of aromatic nitrogens is 2. The third kappa shape index (κ3) is 4.96. The van der Waals surface area contributed by atoms with Crippen LogP contribution in [0, 0.1) is 0 Å². The molecule has 0 atom stereocenters. The number of nitrogens with zero attached hydrogens (tertiary/aromatic N) is 2. The van der Waals surface area contributed by atoms with Crippen LogP contribution in [0.1, 0.15) is 18.5 Å². The molecule has 0 aliphatic heterocycles. The third-order valence-corrected chi connectivity index (χ3v) is 7.70. The monoisotopic (exact) mass is 446 g/mol. The molecule has 0 unspecified atom stereocenters. The lowest BCUT2D eigenvalue weighted by molar-refractivity contribution is 0.577. The van der Waals surface area contributed by atoms with Gasteiger partial charge < -0.3 is 0 Å². The van der Waals surface area contributed by atoms with Gasteiger partial charge in [0.2, 0.25) is 20.0 Å². The number of hydrogen-bond donors (Lipinski definition) is 2. The van der Waals surface area contributed by atoms with E-state index in [2.05, 4.69) is 14.5 Å². The smallest absolute Gasteiger partial charge is 0.240 e. The average molecular weight is 447 g/mol. The van der Waals surface area contributed by atoms with Gasteiger partial charge in [-0.25, -0.2) is 31.0 Å². The minimum absolute atomic E-state index is 0.00885. The fourth-order valence-corrected chi connectivity index (χ4v) is 5.24. The van der Waals surface area contributed by atoms with Crippen molar-refractivity contribution in [1.29, 1.82) is 0 Å². The number of rotatable bonds is 9. The first-order valence-corrected chi connectivity index (χ1v) is 12.5. The van der Waals surface area contributed by atoms with Crippen LogP contribution in [-0.2, 0) is 26.5 Å². The van der Waals surface area contributed by atoms with E-state index in [1.807, 2.05) is 42.6 Å². The number of sulfonamides is 2. The van der Waals surface area contributed by atoms with Gasteiger partial charge in [0.25, 0.3) is 0 Å². The predicted octanol–water partition coefficient (Wildman–Crippen LogP) is 1.83. The highest BCUT2D eigenvalue weighted by molar-refractivity contribution is 7.90. The predicted molar refractivity (Wildman–Crippen MR) is 112 cm³/mol. The van der Waals surface area contributed by atoms with Gasteiger partial charge in [0.1, 0.15) is 0 Å². The summed E-state index contributed by atoms with van der Waals surface area (Å²) in [6.07, 6.45) is 3.92. The summed E-state index contributed by atoms with van der Waals surface area (Å²) in [5.41, 5.74) is 1.68. The highest BCUT2D eigenvalue weighted by Gasteiger charge is 2.28. The molecule has 2 N–H and O–H groups in total. The van der Waals surface area contributed by atoms with Crippen molar-refractivity contribution in [2.45, 2.75) is 35.1 Å². The van der Waals surface area contributed by atoms with Crippen LogP contribution < -0.4 is 9.44 Å². The van der Waals surface area contributed by atoms with Gasteiger partial charge in [-0.05, 0) is 55.3 Å². The summed E-state index contributed by atoms with van der Waals surface area (Å²) in [4.78, 5) is 0.0717. The van der Waals surface area contributed by atoms with Gasteiger partial charge in [-0.15, -0.1) is 0 Å². The van der Waals surface area contributed by atoms with Gasteiger partial charge >= 0.3 is 0 Å². The van der Waals surface area contributed by atoms with Crippen molar-refractivity contribution in [1.82, 2.24) is 19.2 Å². The van der Waals surface area contributed by atoms with Crippen molar-refractivity contribution in [2.24, 2.45) is 0 Å². The van der Waals surface area contributed by atoms with E-state index in [9.17, 15) is 16.8 Å². The number of hydrogen-bond acceptors (Lipinski definition) is 5. The van der Waals surface area contributed by atoms with Crippen LogP contribution in [-0.4, -0.2) is 39.2 Å². The topological polar surface area (TPSA) is 110 Å². The first kappa shape index (κ1) is 20.7. The number of nitrogens with one attached hydrogen (secondary N) is 2. The second-order valence-corrected chi connectivity index (χ2v) is 10.6. The second kappa shape index (κ2) is 8.31. The van der Waals surface area contributed by atoms with E-state index in [4.69, 9.17) is 0 Å². The van der Waals surface area contributed by atoms with Crippen molar-refractivity contribution in [3.63, 3.8) is 0 Å². The van der Waals surface area contributed by atoms with E-state index in [0.29, 0.717) is 6.42 Å². The Morgan fingerprint density at radius 2 is 1.50 bits per heavy atom. The van der Waals surface area contributed by atoms with Gasteiger partial charge in [-0.2, -0.15) is 5.10 Å². The Labute approximate surface area is 176 Å². The van der Waals surface area contributed by atoms with Crippen LogP contribution in [0.4, 0.5) is 0 Å². The highest BCUT2D eigenvalue weighted by atomic mass is 32.2. The minimum atomic E-state index is -3.75. The Hall–Kier alpha value is -2.53. The molecule has 1 aromatic heterocycles. The van der Waals surface area contributed by atoms with E-state index < -0.39 is 20.0 Å². The molecule has 1 aliphatic carbocycles. The largest absolute Gasteiger partial charge is 0.241 e. The van der Waals surface area contributed by atoms with Crippen LogP contribution in [0.3, 0.4) is 0 Å². The molecular weight excluding hydrogens is 424 g/mol. The zero-order chi connectivity index (χ0) is 21.2. The van der Waals surface area contributed by atoms with E-state index in [1.54, 1.807) is 4.68 Å². The lowest BCUT2D eigenvalue weighted by Gasteiger charge is -2.08. The Morgan fingerprint density at radius 1 is 0.867 bits per heavy atom. The van der Waals surface area contributed by atoms with E-state index in [-0.39, 0.29) is 22.4 Å². The molecule has 10 heteroatoms. The van der Waals surface area contributed by atoms with Crippen LogP contribution in [0.5, 0.6) is 0 Å². The molecule has 1 heterocycles. The molecule has 0 radical (unpaired) electrons. The molecule has 1 fully saturated rings. The molecule has 3 aromatic rings. The minimum Gasteiger partial charge on any atom is -0.241 e. The van der Waals surface area contributed by atoms with Crippen molar-refractivity contribution in [3.05, 3.63) is 72.6 Å². The molecule has 30 heavy (non-hydrogen) atoms. The summed E-state index contributed by atoms with van der Waals surface area (Å²) in [7, 11) is -7.36. The number of para-hydroxylation sites is 1. The molecule has 2 aromatic carbocycles. The van der Waals surface area contributed by atoms with Gasteiger partial charge in [0.15, 0.2) is 0 Å². The van der Waals surface area contributed by atoms with E-state index >= 15 is 0 Å². The molecule has 0 amide bonds. The molecular formula is C20H22N4O4S2. The molecule has 8 nitrogen and oxygen atoms in total. The summed E-state index contributed by atoms with van der Waals surface area (Å²) >= 11 is 0.